The number of aromatic amines is 1. The van der Waals surface area contributed by atoms with E-state index in [-0.39, 0.29) is 0 Å². The molecule has 0 saturated carbocycles. The average molecular weight is 405 g/mol. The van der Waals surface area contributed by atoms with Crippen molar-refractivity contribution in [3.8, 4) is 0 Å². The molecule has 0 unspecified atom stereocenters. The zero-order valence-electron chi connectivity index (χ0n) is 17.1. The van der Waals surface area contributed by atoms with E-state index in [1.807, 2.05) is 18.3 Å². The van der Waals surface area contributed by atoms with Gasteiger partial charge < -0.3 is 10.1 Å². The fraction of sp³-hybridized carbons (Fsp3) is 0.107. The van der Waals surface area contributed by atoms with Gasteiger partial charge in [0.25, 0.3) is 0 Å². The number of benzene rings is 3. The van der Waals surface area contributed by atoms with Crippen LogP contribution in [0.2, 0.25) is 0 Å². The van der Waals surface area contributed by atoms with E-state index in [4.69, 9.17) is 5.11 Å². The third-order valence-corrected chi connectivity index (χ3v) is 5.98. The number of rotatable bonds is 4. The van der Waals surface area contributed by atoms with Crippen molar-refractivity contribution in [2.45, 2.75) is 19.3 Å². The zero-order chi connectivity index (χ0) is 21.2. The van der Waals surface area contributed by atoms with Gasteiger partial charge in [-0.3, -0.25) is 0 Å². The molecule has 152 valence electrons. The molecule has 0 spiro atoms. The smallest absolute Gasteiger partial charge is 0.328 e. The normalized spacial score (nSPS) is 15.2. The maximum Gasteiger partial charge on any atom is 0.328 e. The minimum Gasteiger partial charge on any atom is -0.478 e. The van der Waals surface area contributed by atoms with Crippen molar-refractivity contribution in [3.63, 3.8) is 0 Å². The Kier molecular flexibility index (Phi) is 5.01. The van der Waals surface area contributed by atoms with Crippen molar-refractivity contribution in [2.75, 3.05) is 0 Å². The first-order chi connectivity index (χ1) is 15.2. The van der Waals surface area contributed by atoms with Crippen LogP contribution in [-0.2, 0) is 11.2 Å². The van der Waals surface area contributed by atoms with E-state index in [0.717, 1.165) is 35.9 Å². The molecule has 4 aromatic rings. The minimum atomic E-state index is -0.939. The molecule has 1 heterocycles. The van der Waals surface area contributed by atoms with E-state index in [1.54, 1.807) is 6.08 Å². The first-order valence-corrected chi connectivity index (χ1v) is 10.6. The van der Waals surface area contributed by atoms with Gasteiger partial charge in [-0.25, -0.2) is 4.79 Å². The Bertz CT molecular complexity index is 1320. The third-order valence-electron chi connectivity index (χ3n) is 5.98. The predicted molar refractivity (Wildman–Crippen MR) is 127 cm³/mol. The van der Waals surface area contributed by atoms with Crippen LogP contribution in [0.25, 0.3) is 28.1 Å². The number of carbonyl (C=O) groups is 1. The van der Waals surface area contributed by atoms with Crippen molar-refractivity contribution in [2.24, 2.45) is 0 Å². The van der Waals surface area contributed by atoms with Gasteiger partial charge in [0, 0.05) is 17.8 Å². The molecule has 3 aromatic carbocycles. The lowest BCUT2D eigenvalue weighted by Gasteiger charge is -2.24. The molecule has 1 aromatic heterocycles. The maximum atomic E-state index is 10.8. The Balaban J connectivity index is 1.70. The van der Waals surface area contributed by atoms with Crippen molar-refractivity contribution < 1.29 is 9.90 Å². The number of aryl methyl sites for hydroxylation is 1. The van der Waals surface area contributed by atoms with Crippen LogP contribution in [0.3, 0.4) is 0 Å². The summed E-state index contributed by atoms with van der Waals surface area (Å²) in [6, 6.07) is 25.6. The molecule has 1 aliphatic carbocycles. The Morgan fingerprint density at radius 1 is 0.903 bits per heavy atom. The average Bonchev–Trinajstić information content (AvgIpc) is 3.27. The molecule has 1 aliphatic rings. The standard InChI is InChI=1S/C28H23NO2/c30-27(31)15-10-19-8-11-21(12-9-19)28(23-13-14-26-22(18-23)16-17-29-26)25-7-3-5-20-4-1-2-6-24(20)25/h1-2,4,6,8-18,29H,3,5,7H2,(H,30,31)/b15-10?,28-25+. The molecule has 0 aliphatic heterocycles. The molecular weight excluding hydrogens is 382 g/mol. The molecule has 0 fully saturated rings. The Labute approximate surface area is 181 Å². The predicted octanol–water partition coefficient (Wildman–Crippen LogP) is 6.56. The largest absolute Gasteiger partial charge is 0.478 e. The van der Waals surface area contributed by atoms with Gasteiger partial charge in [0.15, 0.2) is 0 Å². The van der Waals surface area contributed by atoms with E-state index in [2.05, 4.69) is 65.6 Å². The van der Waals surface area contributed by atoms with Crippen LogP contribution in [0.5, 0.6) is 0 Å². The van der Waals surface area contributed by atoms with E-state index >= 15 is 0 Å². The summed E-state index contributed by atoms with van der Waals surface area (Å²) in [4.78, 5) is 14.1. The van der Waals surface area contributed by atoms with Crippen LogP contribution in [0, 0.1) is 0 Å². The van der Waals surface area contributed by atoms with Gasteiger partial charge in [-0.2, -0.15) is 0 Å². The highest BCUT2D eigenvalue weighted by Crippen LogP contribution is 2.40. The van der Waals surface area contributed by atoms with Gasteiger partial charge in [0.2, 0.25) is 0 Å². The molecule has 0 saturated heterocycles. The van der Waals surface area contributed by atoms with Gasteiger partial charge >= 0.3 is 5.97 Å². The number of H-pyrrole nitrogens is 1. The molecule has 5 rings (SSSR count). The lowest BCUT2D eigenvalue weighted by Crippen LogP contribution is -2.05. The number of carboxylic acid groups (broad SMARTS) is 1. The second-order valence-electron chi connectivity index (χ2n) is 7.94. The maximum absolute atomic E-state index is 10.8. The second-order valence-corrected chi connectivity index (χ2v) is 7.94. The number of hydrogen-bond acceptors (Lipinski definition) is 1. The lowest BCUT2D eigenvalue weighted by molar-refractivity contribution is -0.131. The van der Waals surface area contributed by atoms with Gasteiger partial charge in [-0.05, 0) is 87.9 Å². The molecule has 0 amide bonds. The van der Waals surface area contributed by atoms with Crippen molar-refractivity contribution in [1.82, 2.24) is 4.98 Å². The lowest BCUT2D eigenvalue weighted by atomic mass is 9.81. The molecule has 3 heteroatoms. The van der Waals surface area contributed by atoms with Gasteiger partial charge in [-0.15, -0.1) is 0 Å². The summed E-state index contributed by atoms with van der Waals surface area (Å²) >= 11 is 0. The van der Waals surface area contributed by atoms with E-state index in [1.165, 1.54) is 39.3 Å². The van der Waals surface area contributed by atoms with Crippen molar-refractivity contribution in [1.29, 1.82) is 0 Å². The first kappa shape index (κ1) is 19.1. The number of aromatic nitrogens is 1. The van der Waals surface area contributed by atoms with Crippen LogP contribution in [0.15, 0.2) is 85.1 Å². The number of carboxylic acids is 1. The van der Waals surface area contributed by atoms with Gasteiger partial charge in [-0.1, -0.05) is 54.6 Å². The highest BCUT2D eigenvalue weighted by atomic mass is 16.4. The number of fused-ring (bicyclic) bond motifs is 2. The molecule has 3 nitrogen and oxygen atoms in total. The van der Waals surface area contributed by atoms with Crippen molar-refractivity contribution >= 4 is 34.1 Å². The zero-order valence-corrected chi connectivity index (χ0v) is 17.1. The molecule has 0 bridgehead atoms. The SMILES string of the molecule is O=C(O)C=Cc1ccc(/C(=C2/CCCc3ccccc32)c2ccc3[nH]ccc3c2)cc1. The fourth-order valence-electron chi connectivity index (χ4n) is 4.53. The van der Waals surface area contributed by atoms with E-state index in [9.17, 15) is 4.79 Å². The van der Waals surface area contributed by atoms with Gasteiger partial charge in [0.05, 0.1) is 0 Å². The Morgan fingerprint density at radius 3 is 2.55 bits per heavy atom. The topological polar surface area (TPSA) is 53.1 Å². The summed E-state index contributed by atoms with van der Waals surface area (Å²) in [6.45, 7) is 0. The molecular formula is C28H23NO2. The highest BCUT2D eigenvalue weighted by Gasteiger charge is 2.20. The first-order valence-electron chi connectivity index (χ1n) is 10.6. The number of nitrogens with one attached hydrogen (secondary N) is 1. The quantitative estimate of drug-likeness (QED) is 0.378. The Morgan fingerprint density at radius 2 is 1.71 bits per heavy atom. The van der Waals surface area contributed by atoms with E-state index < -0.39 is 5.97 Å². The van der Waals surface area contributed by atoms with Crippen LogP contribution >= 0.6 is 0 Å². The van der Waals surface area contributed by atoms with Crippen LogP contribution in [-0.4, -0.2) is 16.1 Å². The summed E-state index contributed by atoms with van der Waals surface area (Å²) in [5.74, 6) is -0.939. The summed E-state index contributed by atoms with van der Waals surface area (Å²) in [7, 11) is 0. The van der Waals surface area contributed by atoms with Crippen LogP contribution in [0.4, 0.5) is 0 Å². The molecule has 2 N–H and O–H groups in total. The van der Waals surface area contributed by atoms with Gasteiger partial charge in [0.1, 0.15) is 0 Å². The molecule has 0 atom stereocenters. The Hall–Kier alpha value is -3.85. The fourth-order valence-corrected chi connectivity index (χ4v) is 4.53. The number of aliphatic carboxylic acids is 1. The molecule has 0 radical (unpaired) electrons. The van der Waals surface area contributed by atoms with E-state index in [0.29, 0.717) is 0 Å². The summed E-state index contributed by atoms with van der Waals surface area (Å²) in [5, 5.41) is 10.1. The summed E-state index contributed by atoms with van der Waals surface area (Å²) < 4.78 is 0. The van der Waals surface area contributed by atoms with Crippen LogP contribution < -0.4 is 0 Å². The summed E-state index contributed by atoms with van der Waals surface area (Å²) in [6.07, 6.45) is 8.07. The number of hydrogen-bond donors (Lipinski definition) is 2. The second kappa shape index (κ2) is 8.11. The van der Waals surface area contributed by atoms with Crippen molar-refractivity contribution in [3.05, 3.63) is 113 Å². The van der Waals surface area contributed by atoms with Crippen LogP contribution in [0.1, 0.15) is 40.7 Å². The monoisotopic (exact) mass is 405 g/mol. The number of allylic oxidation sites excluding steroid dienone is 1. The highest BCUT2D eigenvalue weighted by molar-refractivity contribution is 6.01. The molecule has 31 heavy (non-hydrogen) atoms. The third kappa shape index (κ3) is 3.82. The minimum absolute atomic E-state index is 0.876. The summed E-state index contributed by atoms with van der Waals surface area (Å²) in [5.41, 5.74) is 9.74.